The van der Waals surface area contributed by atoms with Crippen LogP contribution in [0.3, 0.4) is 0 Å². The Kier molecular flexibility index (Phi) is 3.51. The average Bonchev–Trinajstić information content (AvgIpc) is 2.88. The molecule has 19 heavy (non-hydrogen) atoms. The summed E-state index contributed by atoms with van der Waals surface area (Å²) in [6.45, 7) is 3.96. The van der Waals surface area contributed by atoms with Crippen molar-refractivity contribution in [1.29, 1.82) is 0 Å². The fraction of sp³-hybridized carbons (Fsp3) is 0.294. The Balaban J connectivity index is 1.90. The molecule has 1 N–H and O–H groups in total. The fourth-order valence-electron chi connectivity index (χ4n) is 2.51. The van der Waals surface area contributed by atoms with Crippen LogP contribution >= 0.6 is 0 Å². The third-order valence-corrected chi connectivity index (χ3v) is 3.54. The Morgan fingerprint density at radius 3 is 2.74 bits per heavy atom. The SMILES string of the molecule is CCCNC1COc2ccc(-c3ccccc3)cc21. The first kappa shape index (κ1) is 12.2. The average molecular weight is 253 g/mol. The van der Waals surface area contributed by atoms with E-state index >= 15 is 0 Å². The quantitative estimate of drug-likeness (QED) is 0.895. The highest BCUT2D eigenvalue weighted by Crippen LogP contribution is 2.35. The van der Waals surface area contributed by atoms with E-state index < -0.39 is 0 Å². The summed E-state index contributed by atoms with van der Waals surface area (Å²) < 4.78 is 5.74. The Labute approximate surface area is 114 Å². The predicted octanol–water partition coefficient (Wildman–Crippen LogP) is 3.79. The van der Waals surface area contributed by atoms with Gasteiger partial charge in [0, 0.05) is 5.56 Å². The number of ether oxygens (including phenoxy) is 1. The number of fused-ring (bicyclic) bond motifs is 1. The minimum atomic E-state index is 0.332. The van der Waals surface area contributed by atoms with Gasteiger partial charge >= 0.3 is 0 Å². The molecule has 2 heteroatoms. The molecular weight excluding hydrogens is 234 g/mol. The molecule has 0 bridgehead atoms. The number of benzene rings is 2. The monoisotopic (exact) mass is 253 g/mol. The molecule has 0 radical (unpaired) electrons. The molecule has 0 fully saturated rings. The standard InChI is InChI=1S/C17H19NO/c1-2-10-18-16-12-19-17-9-8-14(11-15(16)17)13-6-4-3-5-7-13/h3-9,11,16,18H,2,10,12H2,1H3. The van der Waals surface area contributed by atoms with Gasteiger partial charge < -0.3 is 10.1 Å². The van der Waals surface area contributed by atoms with Crippen LogP contribution in [0.15, 0.2) is 48.5 Å². The Morgan fingerprint density at radius 1 is 1.11 bits per heavy atom. The van der Waals surface area contributed by atoms with Gasteiger partial charge in [-0.15, -0.1) is 0 Å². The maximum atomic E-state index is 5.74. The van der Waals surface area contributed by atoms with Crippen molar-refractivity contribution in [3.63, 3.8) is 0 Å². The number of hydrogen-bond acceptors (Lipinski definition) is 2. The molecule has 98 valence electrons. The summed E-state index contributed by atoms with van der Waals surface area (Å²) in [4.78, 5) is 0. The van der Waals surface area contributed by atoms with Crippen LogP contribution in [0, 0.1) is 0 Å². The van der Waals surface area contributed by atoms with Crippen LogP contribution in [0.5, 0.6) is 5.75 Å². The third-order valence-electron chi connectivity index (χ3n) is 3.54. The van der Waals surface area contributed by atoms with E-state index in [0.29, 0.717) is 6.04 Å². The molecule has 0 saturated heterocycles. The first-order valence-corrected chi connectivity index (χ1v) is 6.94. The first-order chi connectivity index (χ1) is 9.38. The van der Waals surface area contributed by atoms with E-state index in [1.165, 1.54) is 16.7 Å². The Hall–Kier alpha value is -1.80. The van der Waals surface area contributed by atoms with Crippen molar-refractivity contribution in [2.75, 3.05) is 13.2 Å². The Morgan fingerprint density at radius 2 is 1.95 bits per heavy atom. The smallest absolute Gasteiger partial charge is 0.124 e. The molecule has 0 aromatic heterocycles. The number of nitrogens with one attached hydrogen (secondary N) is 1. The summed E-state index contributed by atoms with van der Waals surface area (Å²) in [5.74, 6) is 1.02. The van der Waals surface area contributed by atoms with Crippen molar-refractivity contribution < 1.29 is 4.74 Å². The van der Waals surface area contributed by atoms with Gasteiger partial charge in [0.2, 0.25) is 0 Å². The van der Waals surface area contributed by atoms with Crippen molar-refractivity contribution in [1.82, 2.24) is 5.32 Å². The van der Waals surface area contributed by atoms with Gasteiger partial charge in [0.05, 0.1) is 6.04 Å². The highest BCUT2D eigenvalue weighted by molar-refractivity contribution is 5.66. The van der Waals surface area contributed by atoms with Gasteiger partial charge in [-0.25, -0.2) is 0 Å². The van der Waals surface area contributed by atoms with Crippen LogP contribution < -0.4 is 10.1 Å². The van der Waals surface area contributed by atoms with E-state index in [4.69, 9.17) is 4.74 Å². The lowest BCUT2D eigenvalue weighted by atomic mass is 10.00. The second-order valence-electron chi connectivity index (χ2n) is 4.94. The van der Waals surface area contributed by atoms with Crippen LogP contribution in [0.1, 0.15) is 24.9 Å². The molecule has 3 rings (SSSR count). The lowest BCUT2D eigenvalue weighted by Gasteiger charge is -2.11. The van der Waals surface area contributed by atoms with Gasteiger partial charge in [-0.1, -0.05) is 43.3 Å². The van der Waals surface area contributed by atoms with Crippen LogP contribution in [-0.4, -0.2) is 13.2 Å². The van der Waals surface area contributed by atoms with Crippen molar-refractivity contribution >= 4 is 0 Å². The summed E-state index contributed by atoms with van der Waals surface area (Å²) in [5, 5.41) is 3.54. The van der Waals surface area contributed by atoms with Gasteiger partial charge in [-0.2, -0.15) is 0 Å². The minimum Gasteiger partial charge on any atom is -0.491 e. The molecule has 1 atom stereocenters. The summed E-state index contributed by atoms with van der Waals surface area (Å²) >= 11 is 0. The van der Waals surface area contributed by atoms with Gasteiger partial charge in [0.1, 0.15) is 12.4 Å². The first-order valence-electron chi connectivity index (χ1n) is 6.94. The lowest BCUT2D eigenvalue weighted by molar-refractivity contribution is 0.311. The van der Waals surface area contributed by atoms with E-state index in [-0.39, 0.29) is 0 Å². The fourth-order valence-corrected chi connectivity index (χ4v) is 2.51. The van der Waals surface area contributed by atoms with Crippen molar-refractivity contribution in [3.05, 3.63) is 54.1 Å². The summed E-state index contributed by atoms with van der Waals surface area (Å²) in [6.07, 6.45) is 1.14. The topological polar surface area (TPSA) is 21.3 Å². The molecule has 2 aromatic rings. The van der Waals surface area contributed by atoms with Crippen molar-refractivity contribution in [2.45, 2.75) is 19.4 Å². The zero-order chi connectivity index (χ0) is 13.1. The van der Waals surface area contributed by atoms with Crippen LogP contribution in [-0.2, 0) is 0 Å². The molecular formula is C17H19NO. The van der Waals surface area contributed by atoms with Crippen LogP contribution in [0.4, 0.5) is 0 Å². The highest BCUT2D eigenvalue weighted by atomic mass is 16.5. The molecule has 0 aliphatic carbocycles. The van der Waals surface area contributed by atoms with E-state index in [9.17, 15) is 0 Å². The highest BCUT2D eigenvalue weighted by Gasteiger charge is 2.23. The molecule has 1 heterocycles. The number of rotatable bonds is 4. The summed E-state index contributed by atoms with van der Waals surface area (Å²) in [7, 11) is 0. The van der Waals surface area contributed by atoms with E-state index in [1.54, 1.807) is 0 Å². The second kappa shape index (κ2) is 5.45. The predicted molar refractivity (Wildman–Crippen MR) is 78.4 cm³/mol. The summed E-state index contributed by atoms with van der Waals surface area (Å²) in [6, 6.07) is 17.3. The minimum absolute atomic E-state index is 0.332. The van der Waals surface area contributed by atoms with Gasteiger partial charge in [-0.05, 0) is 36.2 Å². The third kappa shape index (κ3) is 2.49. The maximum Gasteiger partial charge on any atom is 0.124 e. The molecule has 0 amide bonds. The molecule has 0 spiro atoms. The molecule has 1 unspecified atom stereocenters. The maximum absolute atomic E-state index is 5.74. The lowest BCUT2D eigenvalue weighted by Crippen LogP contribution is -2.23. The summed E-state index contributed by atoms with van der Waals surface area (Å²) in [5.41, 5.74) is 3.80. The molecule has 1 aliphatic rings. The van der Waals surface area contributed by atoms with Crippen molar-refractivity contribution in [2.24, 2.45) is 0 Å². The van der Waals surface area contributed by atoms with Gasteiger partial charge in [0.15, 0.2) is 0 Å². The van der Waals surface area contributed by atoms with Crippen molar-refractivity contribution in [3.8, 4) is 16.9 Å². The van der Waals surface area contributed by atoms with Crippen LogP contribution in [0.25, 0.3) is 11.1 Å². The normalized spacial score (nSPS) is 17.0. The van der Waals surface area contributed by atoms with E-state index in [2.05, 4.69) is 54.7 Å². The second-order valence-corrected chi connectivity index (χ2v) is 4.94. The molecule has 2 nitrogen and oxygen atoms in total. The largest absolute Gasteiger partial charge is 0.491 e. The number of hydrogen-bond donors (Lipinski definition) is 1. The van der Waals surface area contributed by atoms with E-state index in [0.717, 1.165) is 25.3 Å². The van der Waals surface area contributed by atoms with Crippen LogP contribution in [0.2, 0.25) is 0 Å². The zero-order valence-electron chi connectivity index (χ0n) is 11.2. The molecule has 0 saturated carbocycles. The Bertz CT molecular complexity index is 550. The zero-order valence-corrected chi connectivity index (χ0v) is 11.2. The molecule has 1 aliphatic heterocycles. The van der Waals surface area contributed by atoms with Gasteiger partial charge in [-0.3, -0.25) is 0 Å². The molecule has 2 aromatic carbocycles. The van der Waals surface area contributed by atoms with Gasteiger partial charge in [0.25, 0.3) is 0 Å². The van der Waals surface area contributed by atoms with E-state index in [1.807, 2.05) is 6.07 Å².